The van der Waals surface area contributed by atoms with Gasteiger partial charge in [0, 0.05) is 21.7 Å². The molecule has 1 amide bonds. The lowest BCUT2D eigenvalue weighted by molar-refractivity contribution is -0.137. The molecule has 180 valence electrons. The van der Waals surface area contributed by atoms with Crippen molar-refractivity contribution in [2.75, 3.05) is 11.9 Å². The number of alkyl halides is 3. The molecule has 3 rings (SSSR count). The Morgan fingerprint density at radius 2 is 1.59 bits per heavy atom. The summed E-state index contributed by atoms with van der Waals surface area (Å²) in [6.07, 6.45) is -4.72. The van der Waals surface area contributed by atoms with Gasteiger partial charge in [0.2, 0.25) is 15.9 Å². The van der Waals surface area contributed by atoms with Gasteiger partial charge in [-0.15, -0.1) is 0 Å². The highest BCUT2D eigenvalue weighted by atomic mass is 79.9. The van der Waals surface area contributed by atoms with Crippen molar-refractivity contribution in [3.05, 3.63) is 92.4 Å². The molecule has 0 heterocycles. The van der Waals surface area contributed by atoms with Gasteiger partial charge in [0.15, 0.2) is 0 Å². The molecule has 0 aliphatic heterocycles. The Bertz CT molecular complexity index is 1290. The summed E-state index contributed by atoms with van der Waals surface area (Å²) in [5, 5.41) is 2.24. The molecule has 12 heteroatoms. The average molecular weight is 596 g/mol. The molecule has 0 fully saturated rings. The fraction of sp³-hybridized carbons (Fsp3) is 0.136. The molecule has 34 heavy (non-hydrogen) atoms. The van der Waals surface area contributed by atoms with E-state index in [1.165, 1.54) is 18.2 Å². The number of nitrogens with one attached hydrogen (secondary N) is 1. The van der Waals surface area contributed by atoms with Crippen molar-refractivity contribution in [3.63, 3.8) is 0 Å². The number of carbonyl (C=O) groups is 1. The van der Waals surface area contributed by atoms with Crippen LogP contribution < -0.4 is 5.32 Å². The zero-order valence-corrected chi connectivity index (χ0v) is 21.0. The molecule has 0 atom stereocenters. The van der Waals surface area contributed by atoms with E-state index in [0.29, 0.717) is 21.1 Å². The highest BCUT2D eigenvalue weighted by Gasteiger charge is 2.33. The van der Waals surface area contributed by atoms with Crippen LogP contribution in [0.25, 0.3) is 0 Å². The lowest BCUT2D eigenvalue weighted by Gasteiger charge is -2.22. The van der Waals surface area contributed by atoms with Crippen molar-refractivity contribution in [1.29, 1.82) is 0 Å². The van der Waals surface area contributed by atoms with E-state index in [1.807, 2.05) is 0 Å². The number of benzene rings is 3. The third kappa shape index (κ3) is 6.73. The Hall–Kier alpha value is -2.11. The van der Waals surface area contributed by atoms with E-state index in [4.69, 9.17) is 23.2 Å². The highest BCUT2D eigenvalue weighted by molar-refractivity contribution is 9.10. The number of halogens is 6. The zero-order chi connectivity index (χ0) is 25.1. The van der Waals surface area contributed by atoms with Crippen LogP contribution in [-0.4, -0.2) is 25.2 Å². The van der Waals surface area contributed by atoms with Crippen molar-refractivity contribution < 1.29 is 26.4 Å². The maximum Gasteiger partial charge on any atom is 0.417 e. The monoisotopic (exact) mass is 594 g/mol. The predicted molar refractivity (Wildman–Crippen MR) is 128 cm³/mol. The Kier molecular flexibility index (Phi) is 8.30. The third-order valence-corrected chi connectivity index (χ3v) is 7.52. The Morgan fingerprint density at radius 3 is 2.18 bits per heavy atom. The summed E-state index contributed by atoms with van der Waals surface area (Å²) < 4.78 is 67.5. The standard InChI is InChI=1S/C22H16BrCl2F3N2O3S/c23-15-3-8-18(9-4-15)34(32,33)30(12-14-1-5-16(24)6-2-14)13-21(31)29-17-7-10-20(25)19(11-17)22(26,27)28/h1-11H,12-13H2,(H,29,31). The molecule has 0 saturated carbocycles. The summed E-state index contributed by atoms with van der Waals surface area (Å²) >= 11 is 14.7. The number of carbonyl (C=O) groups excluding carboxylic acids is 1. The molecule has 1 N–H and O–H groups in total. The van der Waals surface area contributed by atoms with Gasteiger partial charge in [-0.2, -0.15) is 17.5 Å². The summed E-state index contributed by atoms with van der Waals surface area (Å²) in [5.41, 5.74) is -0.731. The van der Waals surface area contributed by atoms with Crippen molar-refractivity contribution in [3.8, 4) is 0 Å². The van der Waals surface area contributed by atoms with Crippen LogP contribution in [0.2, 0.25) is 10.0 Å². The van der Waals surface area contributed by atoms with E-state index < -0.39 is 39.2 Å². The third-order valence-electron chi connectivity index (χ3n) is 4.60. The van der Waals surface area contributed by atoms with Crippen LogP contribution in [0.15, 0.2) is 76.1 Å². The molecule has 0 aliphatic rings. The van der Waals surface area contributed by atoms with E-state index >= 15 is 0 Å². The molecule has 0 unspecified atom stereocenters. The van der Waals surface area contributed by atoms with Gasteiger partial charge >= 0.3 is 6.18 Å². The van der Waals surface area contributed by atoms with Gasteiger partial charge < -0.3 is 5.32 Å². The molecule has 0 bridgehead atoms. The molecule has 0 spiro atoms. The number of hydrogen-bond donors (Lipinski definition) is 1. The maximum absolute atomic E-state index is 13.3. The lowest BCUT2D eigenvalue weighted by atomic mass is 10.2. The first kappa shape index (κ1) is 26.5. The molecule has 0 aromatic heterocycles. The van der Waals surface area contributed by atoms with Crippen LogP contribution in [0.4, 0.5) is 18.9 Å². The normalized spacial score (nSPS) is 12.1. The van der Waals surface area contributed by atoms with Crippen molar-refractivity contribution in [2.24, 2.45) is 0 Å². The zero-order valence-electron chi connectivity index (χ0n) is 17.1. The van der Waals surface area contributed by atoms with Crippen LogP contribution in [-0.2, 0) is 27.5 Å². The molecule has 0 radical (unpaired) electrons. The molecular weight excluding hydrogens is 580 g/mol. The average Bonchev–Trinajstić information content (AvgIpc) is 2.75. The number of amides is 1. The van der Waals surface area contributed by atoms with Gasteiger partial charge in [-0.1, -0.05) is 51.3 Å². The minimum atomic E-state index is -4.72. The van der Waals surface area contributed by atoms with E-state index in [-0.39, 0.29) is 17.1 Å². The molecule has 3 aromatic carbocycles. The van der Waals surface area contributed by atoms with E-state index in [9.17, 15) is 26.4 Å². The second kappa shape index (κ2) is 10.7. The summed E-state index contributed by atoms with van der Waals surface area (Å²) in [5.74, 6) is -0.829. The van der Waals surface area contributed by atoms with E-state index in [0.717, 1.165) is 10.4 Å². The highest BCUT2D eigenvalue weighted by Crippen LogP contribution is 2.36. The first-order valence-electron chi connectivity index (χ1n) is 9.53. The van der Waals surface area contributed by atoms with Gasteiger partial charge in [0.05, 0.1) is 22.0 Å². The number of nitrogens with zero attached hydrogens (tertiary/aromatic N) is 1. The molecule has 0 saturated heterocycles. The Balaban J connectivity index is 1.88. The molecule has 0 aliphatic carbocycles. The Morgan fingerprint density at radius 1 is 0.971 bits per heavy atom. The SMILES string of the molecule is O=C(CN(Cc1ccc(Cl)cc1)S(=O)(=O)c1ccc(Br)cc1)Nc1ccc(Cl)c(C(F)(F)F)c1. The number of sulfonamides is 1. The van der Waals surface area contributed by atoms with Crippen LogP contribution in [0.3, 0.4) is 0 Å². The minimum Gasteiger partial charge on any atom is -0.325 e. The van der Waals surface area contributed by atoms with Crippen LogP contribution in [0.1, 0.15) is 11.1 Å². The summed E-state index contributed by atoms with van der Waals surface area (Å²) in [6, 6.07) is 15.1. The van der Waals surface area contributed by atoms with Gasteiger partial charge in [-0.25, -0.2) is 8.42 Å². The fourth-order valence-corrected chi connectivity index (χ4v) is 4.96. The first-order chi connectivity index (χ1) is 15.9. The molecule has 5 nitrogen and oxygen atoms in total. The summed E-state index contributed by atoms with van der Waals surface area (Å²) in [6.45, 7) is -0.817. The van der Waals surface area contributed by atoms with E-state index in [1.54, 1.807) is 36.4 Å². The summed E-state index contributed by atoms with van der Waals surface area (Å²) in [4.78, 5) is 12.6. The van der Waals surface area contributed by atoms with Crippen LogP contribution >= 0.6 is 39.1 Å². The fourth-order valence-electron chi connectivity index (χ4n) is 2.96. The molecule has 3 aromatic rings. The lowest BCUT2D eigenvalue weighted by Crippen LogP contribution is -2.37. The molecular formula is C22H16BrCl2F3N2O3S. The topological polar surface area (TPSA) is 66.5 Å². The van der Waals surface area contributed by atoms with Gasteiger partial charge in [0.25, 0.3) is 0 Å². The Labute approximate surface area is 212 Å². The van der Waals surface area contributed by atoms with Crippen molar-refractivity contribution in [2.45, 2.75) is 17.6 Å². The summed E-state index contributed by atoms with van der Waals surface area (Å²) in [7, 11) is -4.13. The smallest absolute Gasteiger partial charge is 0.325 e. The number of anilines is 1. The van der Waals surface area contributed by atoms with Gasteiger partial charge in [-0.05, 0) is 60.2 Å². The number of rotatable bonds is 7. The number of hydrogen-bond acceptors (Lipinski definition) is 3. The largest absolute Gasteiger partial charge is 0.417 e. The van der Waals surface area contributed by atoms with E-state index in [2.05, 4.69) is 21.2 Å². The van der Waals surface area contributed by atoms with Gasteiger partial charge in [0.1, 0.15) is 0 Å². The quantitative estimate of drug-likeness (QED) is 0.334. The van der Waals surface area contributed by atoms with Crippen LogP contribution in [0, 0.1) is 0 Å². The minimum absolute atomic E-state index is 0.0525. The van der Waals surface area contributed by atoms with Crippen LogP contribution in [0.5, 0.6) is 0 Å². The van der Waals surface area contributed by atoms with Crippen molar-refractivity contribution in [1.82, 2.24) is 4.31 Å². The second-order valence-corrected chi connectivity index (χ2v) is 10.8. The predicted octanol–water partition coefficient (Wildman–Crippen LogP) is 6.60. The van der Waals surface area contributed by atoms with Gasteiger partial charge in [-0.3, -0.25) is 4.79 Å². The first-order valence-corrected chi connectivity index (χ1v) is 12.5. The second-order valence-electron chi connectivity index (χ2n) is 7.09. The van der Waals surface area contributed by atoms with Crippen molar-refractivity contribution >= 4 is 60.7 Å². The maximum atomic E-state index is 13.3.